The quantitative estimate of drug-likeness (QED) is 0.636. The Bertz CT molecular complexity index is 439. The average molecular weight is 253 g/mol. The predicted molar refractivity (Wildman–Crippen MR) is 48.6 cm³/mol. The zero-order chi connectivity index (χ0) is 13.2. The number of amides is 1. The van der Waals surface area contributed by atoms with Crippen LogP contribution in [0.25, 0.3) is 0 Å². The molecule has 1 amide bonds. The van der Waals surface area contributed by atoms with Gasteiger partial charge < -0.3 is 15.8 Å². The van der Waals surface area contributed by atoms with Crippen molar-refractivity contribution in [3.05, 3.63) is 29.0 Å². The second-order valence-corrected chi connectivity index (χ2v) is 2.82. The lowest BCUT2D eigenvalue weighted by molar-refractivity contribution is -0.126. The number of nitrogens with zero attached hydrogens (tertiary/aromatic N) is 1. The van der Waals surface area contributed by atoms with Gasteiger partial charge in [0.25, 0.3) is 5.91 Å². The van der Waals surface area contributed by atoms with Gasteiger partial charge >= 0.3 is 6.43 Å². The number of nitrogens with one attached hydrogen (secondary N) is 1. The summed E-state index contributed by atoms with van der Waals surface area (Å²) in [6.45, 7) is 0. The van der Waals surface area contributed by atoms with Gasteiger partial charge in [0.15, 0.2) is 5.82 Å². The van der Waals surface area contributed by atoms with Crippen LogP contribution in [0.15, 0.2) is 12.1 Å². The van der Waals surface area contributed by atoms with Crippen molar-refractivity contribution in [1.29, 1.82) is 0 Å². The normalized spacial score (nSPS) is 10.5. The molecule has 1 aromatic rings. The first-order valence-electron chi connectivity index (χ1n) is 4.07. The highest BCUT2D eigenvalue weighted by atomic mass is 19.3. The highest BCUT2D eigenvalue weighted by Crippen LogP contribution is 2.27. The standard InChI is InChI=1S/C8H5F4N2O3/c9-3-1-2-4(14(16)17)5(10)6(3)13-8(15)7(11)12/h1-2,7,16H,(H,13,15)/q-1. The maximum absolute atomic E-state index is 13.3. The van der Waals surface area contributed by atoms with Crippen molar-refractivity contribution in [3.8, 4) is 0 Å². The Balaban J connectivity index is 3.14. The van der Waals surface area contributed by atoms with Crippen molar-refractivity contribution in [3.63, 3.8) is 0 Å². The molecule has 0 aromatic heterocycles. The van der Waals surface area contributed by atoms with Crippen molar-refractivity contribution >= 4 is 17.3 Å². The van der Waals surface area contributed by atoms with Gasteiger partial charge in [-0.3, -0.25) is 10.0 Å². The van der Waals surface area contributed by atoms with E-state index in [1.165, 1.54) is 5.32 Å². The number of alkyl halides is 2. The second-order valence-electron chi connectivity index (χ2n) is 2.82. The SMILES string of the molecule is O=C(Nc1c(F)ccc(N([O-])O)c1F)C(F)F. The molecule has 0 unspecified atom stereocenters. The summed E-state index contributed by atoms with van der Waals surface area (Å²) in [5.74, 6) is -4.95. The van der Waals surface area contributed by atoms with Gasteiger partial charge in [-0.1, -0.05) is 0 Å². The van der Waals surface area contributed by atoms with E-state index >= 15 is 0 Å². The molecule has 17 heavy (non-hydrogen) atoms. The molecule has 0 aliphatic rings. The van der Waals surface area contributed by atoms with E-state index in [0.29, 0.717) is 12.1 Å². The smallest absolute Gasteiger partial charge is 0.315 e. The molecule has 1 aromatic carbocycles. The molecule has 0 saturated carbocycles. The monoisotopic (exact) mass is 253 g/mol. The van der Waals surface area contributed by atoms with Crippen LogP contribution in [0.4, 0.5) is 28.9 Å². The molecule has 9 heteroatoms. The maximum Gasteiger partial charge on any atom is 0.315 e. The fraction of sp³-hybridized carbons (Fsp3) is 0.125. The number of carbonyl (C=O) groups is 1. The Kier molecular flexibility index (Phi) is 3.86. The highest BCUT2D eigenvalue weighted by molar-refractivity contribution is 5.93. The summed E-state index contributed by atoms with van der Waals surface area (Å²) in [5, 5.41) is 19.1. The summed E-state index contributed by atoms with van der Waals surface area (Å²) in [6, 6.07) is 1.11. The third-order valence-corrected chi connectivity index (χ3v) is 1.72. The van der Waals surface area contributed by atoms with E-state index in [1.54, 1.807) is 0 Å². The van der Waals surface area contributed by atoms with Gasteiger partial charge in [-0.15, -0.1) is 0 Å². The average Bonchev–Trinajstić information content (AvgIpc) is 2.22. The first-order valence-corrected chi connectivity index (χ1v) is 4.07. The van der Waals surface area contributed by atoms with Crippen LogP contribution in [0, 0.1) is 16.8 Å². The Morgan fingerprint density at radius 1 is 1.41 bits per heavy atom. The Labute approximate surface area is 91.8 Å². The van der Waals surface area contributed by atoms with Crippen LogP contribution < -0.4 is 10.5 Å². The fourth-order valence-electron chi connectivity index (χ4n) is 0.982. The van der Waals surface area contributed by atoms with Crippen LogP contribution in [0.5, 0.6) is 0 Å². The van der Waals surface area contributed by atoms with Crippen LogP contribution in [0.2, 0.25) is 0 Å². The molecular weight excluding hydrogens is 248 g/mol. The van der Waals surface area contributed by atoms with E-state index in [2.05, 4.69) is 0 Å². The minimum atomic E-state index is -3.48. The van der Waals surface area contributed by atoms with E-state index in [1.807, 2.05) is 0 Å². The Hall–Kier alpha value is -1.87. The first kappa shape index (κ1) is 13.2. The van der Waals surface area contributed by atoms with Crippen LogP contribution in [0.1, 0.15) is 0 Å². The lowest BCUT2D eigenvalue weighted by atomic mass is 10.2. The molecule has 0 atom stereocenters. The Morgan fingerprint density at radius 3 is 2.47 bits per heavy atom. The van der Waals surface area contributed by atoms with Crippen molar-refractivity contribution in [2.24, 2.45) is 0 Å². The van der Waals surface area contributed by atoms with Crippen LogP contribution in [-0.2, 0) is 4.79 Å². The van der Waals surface area contributed by atoms with E-state index < -0.39 is 40.6 Å². The summed E-state index contributed by atoms with van der Waals surface area (Å²) >= 11 is 0. The molecule has 94 valence electrons. The molecule has 0 aliphatic heterocycles. The third-order valence-electron chi connectivity index (χ3n) is 1.72. The van der Waals surface area contributed by atoms with Gasteiger partial charge in [-0.2, -0.15) is 8.78 Å². The number of anilines is 2. The summed E-state index contributed by atoms with van der Waals surface area (Å²) in [4.78, 5) is 10.5. The molecule has 1 rings (SSSR count). The lowest BCUT2D eigenvalue weighted by Gasteiger charge is -2.23. The number of halogens is 4. The molecule has 0 radical (unpaired) electrons. The van der Waals surface area contributed by atoms with Crippen molar-refractivity contribution in [2.45, 2.75) is 6.43 Å². The topological polar surface area (TPSA) is 75.6 Å². The largest absolute Gasteiger partial charge is 0.733 e. The minimum absolute atomic E-state index is 0.528. The molecule has 0 saturated heterocycles. The van der Waals surface area contributed by atoms with E-state index in [4.69, 9.17) is 5.21 Å². The van der Waals surface area contributed by atoms with Crippen LogP contribution in [0.3, 0.4) is 0 Å². The first-order chi connectivity index (χ1) is 7.84. The number of hydrogen-bond donors (Lipinski definition) is 2. The number of benzene rings is 1. The van der Waals surface area contributed by atoms with Gasteiger partial charge in [0.1, 0.15) is 11.5 Å². The zero-order valence-corrected chi connectivity index (χ0v) is 7.95. The highest BCUT2D eigenvalue weighted by Gasteiger charge is 2.21. The summed E-state index contributed by atoms with van der Waals surface area (Å²) in [6.07, 6.45) is -3.48. The van der Waals surface area contributed by atoms with Crippen LogP contribution in [-0.4, -0.2) is 17.5 Å². The summed E-state index contributed by atoms with van der Waals surface area (Å²) < 4.78 is 50.0. The van der Waals surface area contributed by atoms with E-state index in [9.17, 15) is 27.6 Å². The second kappa shape index (κ2) is 4.97. The molecule has 0 bridgehead atoms. The van der Waals surface area contributed by atoms with Crippen molar-refractivity contribution in [1.82, 2.24) is 0 Å². The van der Waals surface area contributed by atoms with E-state index in [-0.39, 0.29) is 0 Å². The predicted octanol–water partition coefficient (Wildman–Crippen LogP) is 1.86. The van der Waals surface area contributed by atoms with Gasteiger partial charge in [-0.25, -0.2) is 8.78 Å². The number of carbonyl (C=O) groups excluding carboxylic acids is 1. The molecular formula is C8H5F4N2O3-. The zero-order valence-electron chi connectivity index (χ0n) is 7.95. The Morgan fingerprint density at radius 2 is 2.00 bits per heavy atom. The molecule has 0 spiro atoms. The van der Waals surface area contributed by atoms with Gasteiger partial charge in [0.2, 0.25) is 0 Å². The van der Waals surface area contributed by atoms with E-state index in [0.717, 1.165) is 0 Å². The van der Waals surface area contributed by atoms with Crippen molar-refractivity contribution < 1.29 is 27.6 Å². The number of rotatable bonds is 3. The molecule has 0 aliphatic carbocycles. The number of hydrogen-bond acceptors (Lipinski definition) is 4. The molecule has 5 nitrogen and oxygen atoms in total. The van der Waals surface area contributed by atoms with Crippen LogP contribution >= 0.6 is 0 Å². The molecule has 0 fully saturated rings. The summed E-state index contributed by atoms with van der Waals surface area (Å²) in [7, 11) is 0. The maximum atomic E-state index is 13.3. The van der Waals surface area contributed by atoms with Gasteiger partial charge in [-0.05, 0) is 12.1 Å². The molecule has 2 N–H and O–H groups in total. The summed E-state index contributed by atoms with van der Waals surface area (Å²) in [5.41, 5.74) is -2.25. The molecule has 0 heterocycles. The van der Waals surface area contributed by atoms with Gasteiger partial charge in [0.05, 0.1) is 5.69 Å². The fourth-order valence-corrected chi connectivity index (χ4v) is 0.982. The third kappa shape index (κ3) is 2.82. The minimum Gasteiger partial charge on any atom is -0.733 e. The van der Waals surface area contributed by atoms with Gasteiger partial charge in [0, 0.05) is 0 Å². The lowest BCUT2D eigenvalue weighted by Crippen LogP contribution is -2.22. The van der Waals surface area contributed by atoms with Crippen molar-refractivity contribution in [2.75, 3.05) is 10.5 Å².